The first-order valence-electron chi connectivity index (χ1n) is 40.0. The molecule has 0 aliphatic carbocycles. The zero-order valence-corrected chi connectivity index (χ0v) is 63.8. The van der Waals surface area contributed by atoms with Crippen LogP contribution in [0.15, 0.2) is 461 Å². The summed E-state index contributed by atoms with van der Waals surface area (Å²) < 4.78 is 4.92. The second kappa shape index (κ2) is 29.8. The molecule has 116 heavy (non-hydrogen) atoms. The minimum atomic E-state index is 1.10. The Morgan fingerprint density at radius 2 is 0.241 bits per heavy atom. The average Bonchev–Trinajstić information content (AvgIpc) is 1.58. The highest BCUT2D eigenvalue weighted by atomic mass is 15.0. The lowest BCUT2D eigenvalue weighted by molar-refractivity contribution is 1.18. The molecule has 0 fully saturated rings. The van der Waals surface area contributed by atoms with Crippen molar-refractivity contribution in [3.05, 3.63) is 461 Å². The molecule has 0 bridgehead atoms. The Morgan fingerprint density at radius 1 is 0.0948 bits per heavy atom. The lowest BCUT2D eigenvalue weighted by atomic mass is 9.91. The predicted octanol–water partition coefficient (Wildman–Crippen LogP) is 31.2. The standard InChI is InChI=1S/C114H76N2/c1-6-23-77(24-7-1)86-33-16-35-88(63-86)82-47-49-84(50-48-82)90-37-18-41-94(65-90)103-68-102(81-31-14-5-15-32-81)69-104(70-103)95-42-20-39-92(67-95)91-38-19-40-93(66-91)97-44-22-46-106(72-97)116-112-60-56-99(80-29-12-4-13-30-80)74-108(112)110-76-101(58-62-114(110)116)100-57-61-113-109(75-100)107-73-98(79-27-10-3-11-28-79)55-59-111(107)115(113)105-45-21-43-96(71-105)85-53-51-83(52-54-85)89-36-17-34-87(64-89)78-25-8-2-9-26-78/h1-76H. The van der Waals surface area contributed by atoms with E-state index in [0.717, 1.165) is 83.5 Å². The fraction of sp³-hybridized carbons (Fsp3) is 0. The van der Waals surface area contributed by atoms with Crippen molar-refractivity contribution in [3.63, 3.8) is 0 Å². The molecule has 542 valence electrons. The van der Waals surface area contributed by atoms with E-state index in [-0.39, 0.29) is 0 Å². The number of hydrogen-bond acceptors (Lipinski definition) is 0. The molecular formula is C114H76N2. The van der Waals surface area contributed by atoms with Crippen molar-refractivity contribution < 1.29 is 0 Å². The zero-order valence-electron chi connectivity index (χ0n) is 63.8. The SMILES string of the molecule is c1ccc(-c2cccc(-c3ccc(-c4cccc(-c5cc(-c6ccccc6)cc(-c6cccc(-c7cccc(-c8cccc(-n9c%10ccc(-c%11ccccc%11)cc%10c%10cc(-c%11ccc%12c(c%11)c%11cc(-c%13ccccc%13)ccc%11n%12-c%11cccc(-c%12ccc(-c%13cccc(-c%14ccccc%14)c%13)cc%12)c%11)ccc%109)c8)c7)c6)c5)c4)cc3)c2)cc1. The van der Waals surface area contributed by atoms with Gasteiger partial charge in [-0.2, -0.15) is 0 Å². The predicted molar refractivity (Wildman–Crippen MR) is 491 cm³/mol. The van der Waals surface area contributed by atoms with E-state index in [1.54, 1.807) is 0 Å². The Morgan fingerprint density at radius 3 is 0.500 bits per heavy atom. The number of fused-ring (bicyclic) bond motifs is 6. The van der Waals surface area contributed by atoms with Crippen LogP contribution in [0.2, 0.25) is 0 Å². The van der Waals surface area contributed by atoms with E-state index in [1.807, 2.05) is 0 Å². The van der Waals surface area contributed by atoms with Crippen LogP contribution in [0.4, 0.5) is 0 Å². The molecule has 21 rings (SSSR count). The molecule has 2 heteroatoms. The van der Waals surface area contributed by atoms with E-state index in [2.05, 4.69) is 470 Å². The van der Waals surface area contributed by atoms with E-state index >= 15 is 0 Å². The molecule has 0 radical (unpaired) electrons. The Kier molecular flexibility index (Phi) is 17.7. The molecule has 2 aromatic heterocycles. The molecule has 0 aliphatic rings. The molecule has 19 aromatic carbocycles. The van der Waals surface area contributed by atoms with Crippen LogP contribution in [0, 0.1) is 0 Å². The quantitative estimate of drug-likeness (QED) is 0.0912. The van der Waals surface area contributed by atoms with Gasteiger partial charge in [0.25, 0.3) is 0 Å². The topological polar surface area (TPSA) is 9.86 Å². The third-order valence-electron chi connectivity index (χ3n) is 23.3. The molecule has 0 saturated carbocycles. The third kappa shape index (κ3) is 13.3. The van der Waals surface area contributed by atoms with Gasteiger partial charge in [-0.3, -0.25) is 0 Å². The van der Waals surface area contributed by atoms with Crippen LogP contribution in [0.5, 0.6) is 0 Å². The number of benzene rings is 19. The Bertz CT molecular complexity index is 7260. The van der Waals surface area contributed by atoms with E-state index in [0.29, 0.717) is 0 Å². The second-order valence-electron chi connectivity index (χ2n) is 30.4. The van der Waals surface area contributed by atoms with Crippen LogP contribution in [-0.2, 0) is 0 Å². The normalized spacial score (nSPS) is 11.4. The monoisotopic (exact) mass is 1470 g/mol. The molecule has 0 atom stereocenters. The van der Waals surface area contributed by atoms with Crippen molar-refractivity contribution in [2.45, 2.75) is 0 Å². The molecule has 0 spiro atoms. The molecule has 21 aromatic rings. The van der Waals surface area contributed by atoms with Crippen LogP contribution < -0.4 is 0 Å². The maximum absolute atomic E-state index is 2.47. The van der Waals surface area contributed by atoms with E-state index in [9.17, 15) is 0 Å². The lowest BCUT2D eigenvalue weighted by Crippen LogP contribution is -1.95. The van der Waals surface area contributed by atoms with Gasteiger partial charge in [-0.15, -0.1) is 0 Å². The number of hydrogen-bond donors (Lipinski definition) is 0. The van der Waals surface area contributed by atoms with Gasteiger partial charge >= 0.3 is 0 Å². The first-order chi connectivity index (χ1) is 57.4. The van der Waals surface area contributed by atoms with Crippen molar-refractivity contribution in [1.82, 2.24) is 9.13 Å². The fourth-order valence-electron chi connectivity index (χ4n) is 17.4. The van der Waals surface area contributed by atoms with E-state index < -0.39 is 0 Å². The minimum Gasteiger partial charge on any atom is -0.309 e. The highest BCUT2D eigenvalue weighted by Crippen LogP contribution is 2.44. The van der Waals surface area contributed by atoms with Crippen molar-refractivity contribution >= 4 is 43.6 Å². The molecular weight excluding hydrogens is 1400 g/mol. The van der Waals surface area contributed by atoms with Crippen LogP contribution in [0.25, 0.3) is 211 Å². The molecule has 2 heterocycles. The summed E-state index contributed by atoms with van der Waals surface area (Å²) in [6.45, 7) is 0. The Labute approximate surface area is 676 Å². The number of aromatic nitrogens is 2. The van der Waals surface area contributed by atoms with Gasteiger partial charge in [0.15, 0.2) is 0 Å². The maximum Gasteiger partial charge on any atom is 0.0541 e. The largest absolute Gasteiger partial charge is 0.309 e. The summed E-state index contributed by atoms with van der Waals surface area (Å²) in [4.78, 5) is 0. The van der Waals surface area contributed by atoms with Crippen LogP contribution in [-0.4, -0.2) is 9.13 Å². The van der Waals surface area contributed by atoms with E-state index in [1.165, 1.54) is 127 Å². The highest BCUT2D eigenvalue weighted by Gasteiger charge is 2.21. The zero-order chi connectivity index (χ0) is 76.8. The van der Waals surface area contributed by atoms with Crippen molar-refractivity contribution in [2.75, 3.05) is 0 Å². The van der Waals surface area contributed by atoms with Crippen molar-refractivity contribution in [2.24, 2.45) is 0 Å². The maximum atomic E-state index is 2.47. The van der Waals surface area contributed by atoms with Crippen LogP contribution >= 0.6 is 0 Å². The second-order valence-corrected chi connectivity index (χ2v) is 30.4. The smallest absolute Gasteiger partial charge is 0.0541 e. The summed E-state index contributed by atoms with van der Waals surface area (Å²) in [5.41, 5.74) is 39.8. The minimum absolute atomic E-state index is 1.10. The molecule has 0 unspecified atom stereocenters. The lowest BCUT2D eigenvalue weighted by Gasteiger charge is -2.14. The van der Waals surface area contributed by atoms with Gasteiger partial charge in [-0.1, -0.05) is 340 Å². The van der Waals surface area contributed by atoms with Gasteiger partial charge in [0.2, 0.25) is 0 Å². The molecule has 0 saturated heterocycles. The van der Waals surface area contributed by atoms with Gasteiger partial charge < -0.3 is 9.13 Å². The number of nitrogens with zero attached hydrogens (tertiary/aromatic N) is 2. The first-order valence-corrected chi connectivity index (χ1v) is 40.0. The summed E-state index contributed by atoms with van der Waals surface area (Å²) in [6.07, 6.45) is 0. The van der Waals surface area contributed by atoms with Gasteiger partial charge in [-0.25, -0.2) is 0 Å². The highest BCUT2D eigenvalue weighted by molar-refractivity contribution is 6.14. The summed E-state index contributed by atoms with van der Waals surface area (Å²) in [5.74, 6) is 0. The summed E-state index contributed by atoms with van der Waals surface area (Å²) in [7, 11) is 0. The summed E-state index contributed by atoms with van der Waals surface area (Å²) >= 11 is 0. The van der Waals surface area contributed by atoms with E-state index in [4.69, 9.17) is 0 Å². The van der Waals surface area contributed by atoms with Crippen molar-refractivity contribution in [1.29, 1.82) is 0 Å². The Balaban J connectivity index is 0.610. The summed E-state index contributed by atoms with van der Waals surface area (Å²) in [6, 6.07) is 170. The fourth-order valence-corrected chi connectivity index (χ4v) is 17.4. The average molecular weight is 1470 g/mol. The van der Waals surface area contributed by atoms with Crippen LogP contribution in [0.3, 0.4) is 0 Å². The molecule has 0 amide bonds. The van der Waals surface area contributed by atoms with Gasteiger partial charge in [0.05, 0.1) is 22.1 Å². The van der Waals surface area contributed by atoms with Gasteiger partial charge in [0.1, 0.15) is 0 Å². The molecule has 2 nitrogen and oxygen atoms in total. The van der Waals surface area contributed by atoms with Gasteiger partial charge in [-0.05, 0) is 277 Å². The van der Waals surface area contributed by atoms with Crippen molar-refractivity contribution in [3.8, 4) is 167 Å². The van der Waals surface area contributed by atoms with Crippen LogP contribution in [0.1, 0.15) is 0 Å². The van der Waals surface area contributed by atoms with Gasteiger partial charge in [0, 0.05) is 32.9 Å². The number of rotatable bonds is 16. The molecule has 0 N–H and O–H groups in total. The summed E-state index contributed by atoms with van der Waals surface area (Å²) in [5, 5.41) is 4.80. The third-order valence-corrected chi connectivity index (χ3v) is 23.3. The first kappa shape index (κ1) is 68.8. The molecule has 0 aliphatic heterocycles. The Hall–Kier alpha value is -15.2.